The molecule has 2 aliphatic rings. The maximum absolute atomic E-state index is 11.5. The first-order valence-corrected chi connectivity index (χ1v) is 6.47. The molecule has 2 unspecified atom stereocenters. The summed E-state index contributed by atoms with van der Waals surface area (Å²) in [6.45, 7) is 4.46. The Kier molecular flexibility index (Phi) is 3.03. The first-order chi connectivity index (χ1) is 9.15. The van der Waals surface area contributed by atoms with Crippen LogP contribution in [-0.4, -0.2) is 18.7 Å². The van der Waals surface area contributed by atoms with Gasteiger partial charge in [-0.25, -0.2) is 4.79 Å². The Bertz CT molecular complexity index is 567. The minimum Gasteiger partial charge on any atom is -0.454 e. The quantitative estimate of drug-likeness (QED) is 0.667. The topological polar surface area (TPSA) is 50.7 Å². The summed E-state index contributed by atoms with van der Waals surface area (Å²) in [6.07, 6.45) is 2.09. The number of rotatable bonds is 2. The molecular formula is C14H13ClN2O2. The third-order valence-electron chi connectivity index (χ3n) is 3.42. The minimum atomic E-state index is -0.325. The number of carbonyl (C=O) groups is 1. The van der Waals surface area contributed by atoms with E-state index in [9.17, 15) is 4.79 Å². The van der Waals surface area contributed by atoms with Gasteiger partial charge in [-0.05, 0) is 23.3 Å². The molecular weight excluding hydrogens is 264 g/mol. The number of nitrogens with zero attached hydrogens (tertiary/aromatic N) is 1. The molecule has 1 fully saturated rings. The normalized spacial score (nSPS) is 25.5. The lowest BCUT2D eigenvalue weighted by Crippen LogP contribution is -2.12. The van der Waals surface area contributed by atoms with E-state index in [4.69, 9.17) is 16.3 Å². The summed E-state index contributed by atoms with van der Waals surface area (Å²) in [6, 6.07) is 5.67. The number of halogens is 1. The summed E-state index contributed by atoms with van der Waals surface area (Å²) in [5, 5.41) is 4.66. The van der Waals surface area contributed by atoms with Gasteiger partial charge in [-0.1, -0.05) is 24.2 Å². The van der Waals surface area contributed by atoms with Gasteiger partial charge >= 0.3 is 5.97 Å². The van der Waals surface area contributed by atoms with Gasteiger partial charge in [0.15, 0.2) is 0 Å². The number of hydrogen-bond acceptors (Lipinski definition) is 4. The Balaban J connectivity index is 1.99. The van der Waals surface area contributed by atoms with E-state index >= 15 is 0 Å². The van der Waals surface area contributed by atoms with Crippen molar-refractivity contribution in [3.63, 3.8) is 0 Å². The Morgan fingerprint density at radius 3 is 2.89 bits per heavy atom. The maximum Gasteiger partial charge on any atom is 0.334 e. The Hall–Kier alpha value is -1.81. The molecule has 2 heterocycles. The van der Waals surface area contributed by atoms with Gasteiger partial charge in [0.25, 0.3) is 0 Å². The van der Waals surface area contributed by atoms with Crippen molar-refractivity contribution < 1.29 is 9.53 Å². The van der Waals surface area contributed by atoms with Crippen LogP contribution in [0.25, 0.3) is 0 Å². The molecule has 4 nitrogen and oxygen atoms in total. The molecule has 5 heteroatoms. The highest BCUT2D eigenvalue weighted by Crippen LogP contribution is 2.37. The van der Waals surface area contributed by atoms with E-state index in [2.05, 4.69) is 17.1 Å². The second-order valence-electron chi connectivity index (χ2n) is 4.72. The molecule has 19 heavy (non-hydrogen) atoms. The van der Waals surface area contributed by atoms with Crippen molar-refractivity contribution >= 4 is 23.8 Å². The fraction of sp³-hybridized carbons (Fsp3) is 0.286. The van der Waals surface area contributed by atoms with E-state index < -0.39 is 0 Å². The van der Waals surface area contributed by atoms with E-state index in [1.54, 1.807) is 0 Å². The number of hydrazone groups is 1. The SMILES string of the molecule is C=C1CC(c2cc(Cl)ccc2C2C=NNC2)OC1=O. The number of nitrogens with one attached hydrogen (secondary N) is 1. The lowest BCUT2D eigenvalue weighted by Gasteiger charge is -2.17. The van der Waals surface area contributed by atoms with Crippen molar-refractivity contribution in [2.24, 2.45) is 5.10 Å². The number of ether oxygens (including phenoxy) is 1. The molecule has 2 atom stereocenters. The van der Waals surface area contributed by atoms with Crippen LogP contribution in [0.15, 0.2) is 35.5 Å². The first kappa shape index (κ1) is 12.2. The zero-order valence-electron chi connectivity index (χ0n) is 10.2. The highest BCUT2D eigenvalue weighted by molar-refractivity contribution is 6.30. The standard InChI is InChI=1S/C14H13ClN2O2/c1-8-4-13(19-14(8)18)12-5-10(15)2-3-11(12)9-6-16-17-7-9/h2-3,5-6,9,13,17H,1,4,7H2. The molecule has 0 aromatic heterocycles. The molecule has 0 bridgehead atoms. The van der Waals surface area contributed by atoms with Crippen LogP contribution >= 0.6 is 11.6 Å². The van der Waals surface area contributed by atoms with Gasteiger partial charge in [0, 0.05) is 35.7 Å². The van der Waals surface area contributed by atoms with Crippen molar-refractivity contribution in [3.05, 3.63) is 46.5 Å². The maximum atomic E-state index is 11.5. The molecule has 1 N–H and O–H groups in total. The largest absolute Gasteiger partial charge is 0.454 e. The fourth-order valence-corrected chi connectivity index (χ4v) is 2.61. The fourth-order valence-electron chi connectivity index (χ4n) is 2.43. The van der Waals surface area contributed by atoms with Gasteiger partial charge in [-0.3, -0.25) is 0 Å². The Morgan fingerprint density at radius 1 is 1.42 bits per heavy atom. The summed E-state index contributed by atoms with van der Waals surface area (Å²) in [5.74, 6) is -0.144. The third-order valence-corrected chi connectivity index (χ3v) is 3.66. The van der Waals surface area contributed by atoms with Gasteiger partial charge in [-0.15, -0.1) is 0 Å². The van der Waals surface area contributed by atoms with Crippen LogP contribution in [0.5, 0.6) is 0 Å². The summed E-state index contributed by atoms with van der Waals surface area (Å²) in [5.41, 5.74) is 5.47. The zero-order chi connectivity index (χ0) is 13.4. The van der Waals surface area contributed by atoms with Gasteiger partial charge in [0.1, 0.15) is 6.10 Å². The average Bonchev–Trinajstić information content (AvgIpc) is 3.00. The second-order valence-corrected chi connectivity index (χ2v) is 5.16. The Morgan fingerprint density at radius 2 is 2.26 bits per heavy atom. The van der Waals surface area contributed by atoms with Crippen LogP contribution < -0.4 is 5.43 Å². The van der Waals surface area contributed by atoms with Gasteiger partial charge in [0.2, 0.25) is 0 Å². The number of carbonyl (C=O) groups excluding carboxylic acids is 1. The van der Waals surface area contributed by atoms with Crippen LogP contribution in [0.1, 0.15) is 29.6 Å². The van der Waals surface area contributed by atoms with Crippen molar-refractivity contribution in [2.45, 2.75) is 18.4 Å². The number of cyclic esters (lactones) is 1. The van der Waals surface area contributed by atoms with Crippen molar-refractivity contribution in [1.29, 1.82) is 0 Å². The average molecular weight is 277 g/mol. The summed E-state index contributed by atoms with van der Waals surface area (Å²) >= 11 is 6.06. The van der Waals surface area contributed by atoms with E-state index in [1.807, 2.05) is 24.4 Å². The molecule has 0 spiro atoms. The Labute approximate surface area is 116 Å². The predicted octanol–water partition coefficient (Wildman–Crippen LogP) is 2.56. The van der Waals surface area contributed by atoms with E-state index in [0.29, 0.717) is 17.0 Å². The van der Waals surface area contributed by atoms with E-state index in [-0.39, 0.29) is 18.0 Å². The molecule has 1 saturated heterocycles. The molecule has 0 amide bonds. The molecule has 1 aromatic carbocycles. The summed E-state index contributed by atoms with van der Waals surface area (Å²) < 4.78 is 5.35. The number of benzene rings is 1. The lowest BCUT2D eigenvalue weighted by molar-refractivity contribution is -0.139. The molecule has 0 aliphatic carbocycles. The minimum absolute atomic E-state index is 0.180. The number of esters is 1. The first-order valence-electron chi connectivity index (χ1n) is 6.09. The third kappa shape index (κ3) is 2.24. The molecule has 3 rings (SSSR count). The van der Waals surface area contributed by atoms with Crippen LogP contribution in [0.2, 0.25) is 5.02 Å². The van der Waals surface area contributed by atoms with Crippen LogP contribution in [0.3, 0.4) is 0 Å². The molecule has 0 radical (unpaired) electrons. The van der Waals surface area contributed by atoms with Crippen molar-refractivity contribution in [2.75, 3.05) is 6.54 Å². The lowest BCUT2D eigenvalue weighted by atomic mass is 9.91. The summed E-state index contributed by atoms with van der Waals surface area (Å²) in [7, 11) is 0. The van der Waals surface area contributed by atoms with Crippen LogP contribution in [0.4, 0.5) is 0 Å². The van der Waals surface area contributed by atoms with Gasteiger partial charge in [-0.2, -0.15) is 5.10 Å². The van der Waals surface area contributed by atoms with Crippen LogP contribution in [0, 0.1) is 0 Å². The number of hydrogen-bond donors (Lipinski definition) is 1. The van der Waals surface area contributed by atoms with E-state index in [0.717, 1.165) is 17.7 Å². The van der Waals surface area contributed by atoms with Crippen LogP contribution in [-0.2, 0) is 9.53 Å². The molecule has 1 aromatic rings. The highest BCUT2D eigenvalue weighted by Gasteiger charge is 2.31. The molecule has 2 aliphatic heterocycles. The van der Waals surface area contributed by atoms with Crippen molar-refractivity contribution in [3.8, 4) is 0 Å². The van der Waals surface area contributed by atoms with Gasteiger partial charge in [0.05, 0.1) is 0 Å². The van der Waals surface area contributed by atoms with Crippen molar-refractivity contribution in [1.82, 2.24) is 5.43 Å². The monoisotopic (exact) mass is 276 g/mol. The van der Waals surface area contributed by atoms with E-state index in [1.165, 1.54) is 0 Å². The van der Waals surface area contributed by atoms with Gasteiger partial charge < -0.3 is 10.2 Å². The molecule has 98 valence electrons. The molecule has 0 saturated carbocycles. The second kappa shape index (κ2) is 4.70. The zero-order valence-corrected chi connectivity index (χ0v) is 11.0. The smallest absolute Gasteiger partial charge is 0.334 e. The summed E-state index contributed by atoms with van der Waals surface area (Å²) in [4.78, 5) is 11.5. The highest BCUT2D eigenvalue weighted by atomic mass is 35.5. The predicted molar refractivity (Wildman–Crippen MR) is 73.3 cm³/mol.